The standard InChI is InChI=1S/C17H23N3O3/c1-17(2)11-9-20(14(13(11)17)16(22)23-3)15(21)12(18)7-10-5-4-6-19-8-10/h4-6,8,11-14H,7,9,18H2,1-3H3/t11-,12-,13-,14-/m0/s1. The van der Waals surface area contributed by atoms with Crippen molar-refractivity contribution < 1.29 is 14.3 Å². The summed E-state index contributed by atoms with van der Waals surface area (Å²) in [5, 5.41) is 0. The second-order valence-corrected chi connectivity index (χ2v) is 7.08. The topological polar surface area (TPSA) is 85.5 Å². The molecule has 2 heterocycles. The molecule has 2 fully saturated rings. The Hall–Kier alpha value is -1.95. The number of amides is 1. The molecule has 1 aromatic heterocycles. The van der Waals surface area contributed by atoms with Crippen LogP contribution in [0, 0.1) is 17.3 Å². The number of carbonyl (C=O) groups excluding carboxylic acids is 2. The quantitative estimate of drug-likeness (QED) is 0.822. The number of esters is 1. The molecule has 1 aromatic rings. The van der Waals surface area contributed by atoms with Gasteiger partial charge in [0.1, 0.15) is 6.04 Å². The van der Waals surface area contributed by atoms with Crippen molar-refractivity contribution in [1.29, 1.82) is 0 Å². The van der Waals surface area contributed by atoms with Crippen LogP contribution in [0.3, 0.4) is 0 Å². The minimum atomic E-state index is -0.674. The van der Waals surface area contributed by atoms with Crippen molar-refractivity contribution >= 4 is 11.9 Å². The minimum Gasteiger partial charge on any atom is -0.467 e. The van der Waals surface area contributed by atoms with Crippen molar-refractivity contribution in [1.82, 2.24) is 9.88 Å². The van der Waals surface area contributed by atoms with E-state index in [1.807, 2.05) is 12.1 Å². The Labute approximate surface area is 136 Å². The van der Waals surface area contributed by atoms with Crippen LogP contribution in [-0.2, 0) is 20.7 Å². The molecule has 2 aliphatic rings. The van der Waals surface area contributed by atoms with Crippen LogP contribution in [0.25, 0.3) is 0 Å². The fourth-order valence-corrected chi connectivity index (χ4v) is 3.98. The first-order chi connectivity index (χ1) is 10.9. The van der Waals surface area contributed by atoms with Gasteiger partial charge >= 0.3 is 5.97 Å². The number of hydrogen-bond donors (Lipinski definition) is 1. The van der Waals surface area contributed by atoms with Gasteiger partial charge in [0.15, 0.2) is 0 Å². The van der Waals surface area contributed by atoms with Gasteiger partial charge in [-0.05, 0) is 29.4 Å². The van der Waals surface area contributed by atoms with E-state index in [1.165, 1.54) is 7.11 Å². The second kappa shape index (κ2) is 5.60. The molecule has 0 unspecified atom stereocenters. The third-order valence-corrected chi connectivity index (χ3v) is 5.43. The number of rotatable bonds is 4. The Bertz CT molecular complexity index is 617. The number of carbonyl (C=O) groups is 2. The molecular formula is C17H23N3O3. The van der Waals surface area contributed by atoms with Gasteiger partial charge in [0, 0.05) is 24.9 Å². The zero-order valence-corrected chi connectivity index (χ0v) is 13.7. The van der Waals surface area contributed by atoms with Crippen LogP contribution in [-0.4, -0.2) is 47.5 Å². The molecule has 0 radical (unpaired) electrons. The van der Waals surface area contributed by atoms with Crippen molar-refractivity contribution in [2.75, 3.05) is 13.7 Å². The summed E-state index contributed by atoms with van der Waals surface area (Å²) in [5.74, 6) is -0.0112. The summed E-state index contributed by atoms with van der Waals surface area (Å²) in [4.78, 5) is 30.6. The molecule has 1 aliphatic heterocycles. The molecule has 1 amide bonds. The fourth-order valence-electron chi connectivity index (χ4n) is 3.98. The van der Waals surface area contributed by atoms with Gasteiger partial charge in [0.05, 0.1) is 13.2 Å². The Morgan fingerprint density at radius 3 is 2.87 bits per heavy atom. The van der Waals surface area contributed by atoms with Crippen molar-refractivity contribution in [3.63, 3.8) is 0 Å². The first-order valence-corrected chi connectivity index (χ1v) is 7.90. The first-order valence-electron chi connectivity index (χ1n) is 7.90. The smallest absolute Gasteiger partial charge is 0.328 e. The number of nitrogens with zero attached hydrogens (tertiary/aromatic N) is 2. The van der Waals surface area contributed by atoms with Gasteiger partial charge in [0.2, 0.25) is 5.91 Å². The van der Waals surface area contributed by atoms with Crippen LogP contribution >= 0.6 is 0 Å². The van der Waals surface area contributed by atoms with E-state index in [-0.39, 0.29) is 23.2 Å². The minimum absolute atomic E-state index is 0.0864. The first kappa shape index (κ1) is 15.9. The maximum atomic E-state index is 12.7. The molecule has 6 heteroatoms. The molecule has 23 heavy (non-hydrogen) atoms. The summed E-state index contributed by atoms with van der Waals surface area (Å²) in [7, 11) is 1.36. The zero-order valence-electron chi connectivity index (χ0n) is 13.7. The molecule has 124 valence electrons. The zero-order chi connectivity index (χ0) is 16.8. The lowest BCUT2D eigenvalue weighted by atomic mass is 9.99. The van der Waals surface area contributed by atoms with Crippen molar-refractivity contribution in [3.8, 4) is 0 Å². The van der Waals surface area contributed by atoms with Gasteiger partial charge in [-0.25, -0.2) is 4.79 Å². The average Bonchev–Trinajstić information content (AvgIpc) is 2.89. The lowest BCUT2D eigenvalue weighted by Crippen LogP contribution is -2.52. The lowest BCUT2D eigenvalue weighted by Gasteiger charge is -2.31. The predicted molar refractivity (Wildman–Crippen MR) is 84.2 cm³/mol. The molecule has 0 bridgehead atoms. The van der Waals surface area contributed by atoms with E-state index in [4.69, 9.17) is 10.5 Å². The molecule has 4 atom stereocenters. The third kappa shape index (κ3) is 2.61. The Morgan fingerprint density at radius 2 is 2.26 bits per heavy atom. The Kier molecular flexibility index (Phi) is 3.88. The molecule has 0 aromatic carbocycles. The normalized spacial score (nSPS) is 28.9. The molecule has 2 N–H and O–H groups in total. The SMILES string of the molecule is COC(=O)[C@@H]1[C@@H]2[C@H](CN1C(=O)[C@@H](N)Cc1cccnc1)C2(C)C. The molecule has 1 saturated carbocycles. The molecular weight excluding hydrogens is 294 g/mol. The molecule has 6 nitrogen and oxygen atoms in total. The summed E-state index contributed by atoms with van der Waals surface area (Å²) in [6.45, 7) is 4.85. The van der Waals surface area contributed by atoms with Crippen molar-refractivity contribution in [2.24, 2.45) is 23.0 Å². The summed E-state index contributed by atoms with van der Waals surface area (Å²) < 4.78 is 4.92. The van der Waals surface area contributed by atoms with E-state index in [0.717, 1.165) is 5.56 Å². The summed E-state index contributed by atoms with van der Waals surface area (Å²) in [5.41, 5.74) is 7.09. The average molecular weight is 317 g/mol. The van der Waals surface area contributed by atoms with Crippen molar-refractivity contribution in [2.45, 2.75) is 32.4 Å². The maximum Gasteiger partial charge on any atom is 0.328 e. The number of piperidine rings is 1. The highest BCUT2D eigenvalue weighted by atomic mass is 16.5. The highest BCUT2D eigenvalue weighted by molar-refractivity contribution is 5.89. The molecule has 1 aliphatic carbocycles. The van der Waals surface area contributed by atoms with E-state index in [1.54, 1.807) is 17.3 Å². The van der Waals surface area contributed by atoms with Crippen LogP contribution in [0.1, 0.15) is 19.4 Å². The highest BCUT2D eigenvalue weighted by Crippen LogP contribution is 2.65. The fraction of sp³-hybridized carbons (Fsp3) is 0.588. The highest BCUT2D eigenvalue weighted by Gasteiger charge is 2.69. The lowest BCUT2D eigenvalue weighted by molar-refractivity contribution is -0.153. The molecule has 0 spiro atoms. The number of likely N-dealkylation sites (tertiary alicyclic amines) is 1. The molecule has 1 saturated heterocycles. The van der Waals surface area contributed by atoms with Gasteiger partial charge in [0.25, 0.3) is 0 Å². The van der Waals surface area contributed by atoms with Gasteiger partial charge in [-0.2, -0.15) is 0 Å². The van der Waals surface area contributed by atoms with Crippen LogP contribution in [0.4, 0.5) is 0 Å². The number of nitrogens with two attached hydrogens (primary N) is 1. The van der Waals surface area contributed by atoms with Gasteiger partial charge in [-0.3, -0.25) is 9.78 Å². The van der Waals surface area contributed by atoms with Crippen LogP contribution in [0.15, 0.2) is 24.5 Å². The van der Waals surface area contributed by atoms with Crippen LogP contribution in [0.2, 0.25) is 0 Å². The van der Waals surface area contributed by atoms with Gasteiger partial charge in [-0.15, -0.1) is 0 Å². The monoisotopic (exact) mass is 317 g/mol. The summed E-state index contributed by atoms with van der Waals surface area (Å²) >= 11 is 0. The van der Waals surface area contributed by atoms with E-state index >= 15 is 0 Å². The van der Waals surface area contributed by atoms with E-state index < -0.39 is 12.1 Å². The van der Waals surface area contributed by atoms with Crippen molar-refractivity contribution in [3.05, 3.63) is 30.1 Å². The van der Waals surface area contributed by atoms with Crippen LogP contribution in [0.5, 0.6) is 0 Å². The number of aromatic nitrogens is 1. The maximum absolute atomic E-state index is 12.7. The van der Waals surface area contributed by atoms with Crippen LogP contribution < -0.4 is 5.73 Å². The number of fused-ring (bicyclic) bond motifs is 1. The van der Waals surface area contributed by atoms with E-state index in [2.05, 4.69) is 18.8 Å². The number of hydrogen-bond acceptors (Lipinski definition) is 5. The number of ether oxygens (including phenoxy) is 1. The van der Waals surface area contributed by atoms with E-state index in [0.29, 0.717) is 18.9 Å². The second-order valence-electron chi connectivity index (χ2n) is 7.08. The summed E-state index contributed by atoms with van der Waals surface area (Å²) in [6, 6.07) is 2.53. The Morgan fingerprint density at radius 1 is 1.52 bits per heavy atom. The van der Waals surface area contributed by atoms with Gasteiger partial charge < -0.3 is 15.4 Å². The third-order valence-electron chi connectivity index (χ3n) is 5.43. The van der Waals surface area contributed by atoms with Gasteiger partial charge in [-0.1, -0.05) is 19.9 Å². The largest absolute Gasteiger partial charge is 0.467 e. The molecule has 3 rings (SSSR count). The number of methoxy groups -OCH3 is 1. The predicted octanol–water partition coefficient (Wildman–Crippen LogP) is 0.607. The summed E-state index contributed by atoms with van der Waals surface area (Å²) in [6.07, 6.45) is 3.80. The number of pyridine rings is 1. The van der Waals surface area contributed by atoms with E-state index in [9.17, 15) is 9.59 Å². The Balaban J connectivity index is 1.73.